The van der Waals surface area contributed by atoms with E-state index in [1.54, 1.807) is 19.1 Å². The van der Waals surface area contributed by atoms with Crippen LogP contribution in [0.1, 0.15) is 5.56 Å². The van der Waals surface area contributed by atoms with Crippen LogP contribution in [0.25, 0.3) is 0 Å². The maximum Gasteiger partial charge on any atom is 0.292 e. The van der Waals surface area contributed by atoms with Gasteiger partial charge in [-0.15, -0.1) is 11.8 Å². The third-order valence-corrected chi connectivity index (χ3v) is 4.80. The number of carbonyl (C=O) groups is 2. The average molecular weight is 362 g/mol. The minimum Gasteiger partial charge on any atom is -0.324 e. The van der Waals surface area contributed by atoms with Gasteiger partial charge >= 0.3 is 0 Å². The van der Waals surface area contributed by atoms with Crippen molar-refractivity contribution in [3.63, 3.8) is 0 Å². The van der Waals surface area contributed by atoms with Gasteiger partial charge in [-0.1, -0.05) is 6.07 Å². The van der Waals surface area contributed by atoms with Crippen molar-refractivity contribution in [3.8, 4) is 0 Å². The van der Waals surface area contributed by atoms with Gasteiger partial charge in [0.05, 0.1) is 16.8 Å². The van der Waals surface area contributed by atoms with Crippen LogP contribution in [0.5, 0.6) is 0 Å². The quantitative estimate of drug-likeness (QED) is 0.892. The van der Waals surface area contributed by atoms with Gasteiger partial charge in [-0.2, -0.15) is 5.10 Å². The first-order valence-electron chi connectivity index (χ1n) is 7.42. The second-order valence-corrected chi connectivity index (χ2v) is 6.59. The van der Waals surface area contributed by atoms with Gasteiger partial charge in [0.25, 0.3) is 5.56 Å². The number of nitrogens with one attached hydrogen (secondary N) is 1. The summed E-state index contributed by atoms with van der Waals surface area (Å²) in [5, 5.41) is 6.50. The molecule has 0 saturated heterocycles. The Morgan fingerprint density at radius 1 is 1.40 bits per heavy atom. The van der Waals surface area contributed by atoms with Crippen molar-refractivity contribution in [3.05, 3.63) is 46.1 Å². The summed E-state index contributed by atoms with van der Waals surface area (Å²) in [5.41, 5.74) is 0.453. The van der Waals surface area contributed by atoms with Gasteiger partial charge in [0.2, 0.25) is 11.8 Å². The zero-order valence-electron chi connectivity index (χ0n) is 13.6. The molecule has 130 valence electrons. The molecular weight excluding hydrogens is 347 g/mol. The van der Waals surface area contributed by atoms with Crippen molar-refractivity contribution < 1.29 is 14.0 Å². The molecule has 3 rings (SSSR count). The lowest BCUT2D eigenvalue weighted by molar-refractivity contribution is -0.117. The lowest BCUT2D eigenvalue weighted by atomic mass is 10.2. The predicted octanol–water partition coefficient (Wildman–Crippen LogP) is 1.40. The van der Waals surface area contributed by atoms with Crippen LogP contribution >= 0.6 is 11.8 Å². The largest absolute Gasteiger partial charge is 0.324 e. The summed E-state index contributed by atoms with van der Waals surface area (Å²) in [5.74, 6) is -0.894. The fourth-order valence-electron chi connectivity index (χ4n) is 2.36. The lowest BCUT2D eigenvalue weighted by Gasteiger charge is -2.24. The van der Waals surface area contributed by atoms with E-state index in [2.05, 4.69) is 10.4 Å². The van der Waals surface area contributed by atoms with E-state index in [9.17, 15) is 18.8 Å². The summed E-state index contributed by atoms with van der Waals surface area (Å²) < 4.78 is 14.5. The van der Waals surface area contributed by atoms with Crippen molar-refractivity contribution in [2.24, 2.45) is 0 Å². The van der Waals surface area contributed by atoms with Crippen LogP contribution < -0.4 is 15.8 Å². The average Bonchev–Trinajstić information content (AvgIpc) is 2.57. The van der Waals surface area contributed by atoms with Crippen LogP contribution in [-0.4, -0.2) is 34.4 Å². The normalized spacial score (nSPS) is 13.6. The van der Waals surface area contributed by atoms with Crippen LogP contribution in [0, 0.1) is 12.7 Å². The number of fused-ring (bicyclic) bond motifs is 1. The number of thioether (sulfide) groups is 1. The number of hydrogen-bond donors (Lipinski definition) is 1. The molecule has 0 aliphatic carbocycles. The molecule has 1 aliphatic heterocycles. The minimum atomic E-state index is -0.522. The molecule has 2 amide bonds. The van der Waals surface area contributed by atoms with Gasteiger partial charge in [-0.05, 0) is 24.6 Å². The number of aromatic nitrogens is 2. The molecule has 25 heavy (non-hydrogen) atoms. The minimum absolute atomic E-state index is 0.188. The molecule has 1 N–H and O–H groups in total. The Balaban J connectivity index is 1.81. The molecule has 2 heterocycles. The molecule has 1 aliphatic rings. The molecule has 0 radical (unpaired) electrons. The second kappa shape index (κ2) is 6.67. The molecule has 2 aromatic rings. The summed E-state index contributed by atoms with van der Waals surface area (Å²) >= 11 is 1.24. The fraction of sp³-hybridized carbons (Fsp3) is 0.250. The molecule has 1 aromatic carbocycles. The van der Waals surface area contributed by atoms with Crippen molar-refractivity contribution >= 4 is 35.0 Å². The number of aryl methyl sites for hydroxylation is 1. The molecule has 9 heteroatoms. The van der Waals surface area contributed by atoms with Gasteiger partial charge in [0.1, 0.15) is 18.0 Å². The number of benzene rings is 1. The van der Waals surface area contributed by atoms with Gasteiger partial charge in [0, 0.05) is 12.7 Å². The molecule has 0 fully saturated rings. The Morgan fingerprint density at radius 3 is 2.88 bits per heavy atom. The fourth-order valence-corrected chi connectivity index (χ4v) is 3.31. The topological polar surface area (TPSA) is 84.3 Å². The van der Waals surface area contributed by atoms with Crippen molar-refractivity contribution in [2.45, 2.75) is 18.4 Å². The summed E-state index contributed by atoms with van der Waals surface area (Å²) in [7, 11) is 1.52. The Labute approximate surface area is 146 Å². The van der Waals surface area contributed by atoms with Crippen LogP contribution in [0.15, 0.2) is 34.1 Å². The van der Waals surface area contributed by atoms with Gasteiger partial charge in [-0.3, -0.25) is 14.4 Å². The standard InChI is InChI=1S/C16H15FN4O3S/c1-9-3-4-10(5-11(9)17)19-13(22)7-21-16(24)15-12(6-18-21)25-8-14(23)20(15)2/h3-6H,7-8H2,1-2H3,(H,19,22). The van der Waals surface area contributed by atoms with Crippen molar-refractivity contribution in [2.75, 3.05) is 23.0 Å². The highest BCUT2D eigenvalue weighted by molar-refractivity contribution is 8.00. The molecule has 0 bridgehead atoms. The molecular formula is C16H15FN4O3S. The molecule has 0 spiro atoms. The highest BCUT2D eigenvalue weighted by Crippen LogP contribution is 2.30. The number of rotatable bonds is 3. The smallest absolute Gasteiger partial charge is 0.292 e. The number of halogens is 1. The Kier molecular flexibility index (Phi) is 4.58. The monoisotopic (exact) mass is 362 g/mol. The van der Waals surface area contributed by atoms with Crippen molar-refractivity contribution in [1.82, 2.24) is 9.78 Å². The Bertz CT molecular complexity index is 928. The third-order valence-electron chi connectivity index (χ3n) is 3.79. The summed E-state index contributed by atoms with van der Waals surface area (Å²) in [6, 6.07) is 4.33. The first-order valence-corrected chi connectivity index (χ1v) is 8.41. The third kappa shape index (κ3) is 3.41. The maximum absolute atomic E-state index is 13.5. The van der Waals surface area contributed by atoms with E-state index in [-0.39, 0.29) is 23.9 Å². The number of amides is 2. The highest BCUT2D eigenvalue weighted by atomic mass is 32.2. The van der Waals surface area contributed by atoms with Gasteiger partial charge < -0.3 is 10.2 Å². The Hall–Kier alpha value is -2.68. The predicted molar refractivity (Wildman–Crippen MR) is 92.4 cm³/mol. The zero-order chi connectivity index (χ0) is 18.1. The number of hydrogen-bond acceptors (Lipinski definition) is 5. The summed E-state index contributed by atoms with van der Waals surface area (Å²) in [6.45, 7) is 1.28. The molecule has 0 unspecified atom stereocenters. The van der Waals surface area contributed by atoms with E-state index in [4.69, 9.17) is 0 Å². The summed E-state index contributed by atoms with van der Waals surface area (Å²) in [4.78, 5) is 38.3. The van der Waals surface area contributed by atoms with E-state index < -0.39 is 17.3 Å². The van der Waals surface area contributed by atoms with Crippen LogP contribution in [0.4, 0.5) is 15.8 Å². The van der Waals surface area contributed by atoms with E-state index in [1.807, 2.05) is 0 Å². The van der Waals surface area contributed by atoms with Gasteiger partial charge in [-0.25, -0.2) is 9.07 Å². The first-order chi connectivity index (χ1) is 11.9. The molecule has 7 nitrogen and oxygen atoms in total. The number of anilines is 2. The van der Waals surface area contributed by atoms with E-state index >= 15 is 0 Å². The first kappa shape index (κ1) is 17.2. The molecule has 0 atom stereocenters. The summed E-state index contributed by atoms with van der Waals surface area (Å²) in [6.07, 6.45) is 1.46. The number of nitrogens with zero attached hydrogens (tertiary/aromatic N) is 3. The molecule has 0 saturated carbocycles. The Morgan fingerprint density at radius 2 is 2.16 bits per heavy atom. The van der Waals surface area contributed by atoms with Crippen LogP contribution in [0.3, 0.4) is 0 Å². The SMILES string of the molecule is Cc1ccc(NC(=O)Cn2ncc3c(c2=O)N(C)C(=O)CS3)cc1F. The number of carbonyl (C=O) groups excluding carboxylic acids is 2. The highest BCUT2D eigenvalue weighted by Gasteiger charge is 2.26. The van der Waals surface area contributed by atoms with Crippen LogP contribution in [0.2, 0.25) is 0 Å². The lowest BCUT2D eigenvalue weighted by Crippen LogP contribution is -2.40. The van der Waals surface area contributed by atoms with Crippen LogP contribution in [-0.2, 0) is 16.1 Å². The van der Waals surface area contributed by atoms with Crippen molar-refractivity contribution in [1.29, 1.82) is 0 Å². The van der Waals surface area contributed by atoms with E-state index in [0.29, 0.717) is 16.1 Å². The maximum atomic E-state index is 13.5. The van der Waals surface area contributed by atoms with E-state index in [0.717, 1.165) is 4.68 Å². The van der Waals surface area contributed by atoms with E-state index in [1.165, 1.54) is 36.0 Å². The second-order valence-electron chi connectivity index (χ2n) is 5.57. The zero-order valence-corrected chi connectivity index (χ0v) is 14.4. The van der Waals surface area contributed by atoms with Gasteiger partial charge in [0.15, 0.2) is 0 Å². The molecule has 1 aromatic heterocycles.